The molecule has 4 aromatic heterocycles. The van der Waals surface area contributed by atoms with Gasteiger partial charge < -0.3 is 19.5 Å². The van der Waals surface area contributed by atoms with Gasteiger partial charge in [-0.05, 0) is 52.0 Å². The second kappa shape index (κ2) is 15.4. The van der Waals surface area contributed by atoms with Gasteiger partial charge in [0, 0.05) is 36.5 Å². The van der Waals surface area contributed by atoms with Crippen LogP contribution in [0.1, 0.15) is 54.9 Å². The van der Waals surface area contributed by atoms with E-state index in [2.05, 4.69) is 35.7 Å². The van der Waals surface area contributed by atoms with Crippen molar-refractivity contribution in [3.8, 4) is 23.4 Å². The molecule has 0 saturated carbocycles. The summed E-state index contributed by atoms with van der Waals surface area (Å²) in [5, 5.41) is 43.9. The molecule has 0 amide bonds. The van der Waals surface area contributed by atoms with Crippen molar-refractivity contribution in [3.05, 3.63) is 74.7 Å². The van der Waals surface area contributed by atoms with Gasteiger partial charge in [0.25, 0.3) is 0 Å². The lowest BCUT2D eigenvalue weighted by Gasteiger charge is -2.06. The summed E-state index contributed by atoms with van der Waals surface area (Å²) in [7, 11) is 4.72. The Labute approximate surface area is 259 Å². The van der Waals surface area contributed by atoms with Crippen LogP contribution in [-0.2, 0) is 23.6 Å². The summed E-state index contributed by atoms with van der Waals surface area (Å²) >= 11 is 5.59. The van der Waals surface area contributed by atoms with E-state index < -0.39 is 19.1 Å². The number of carbonyl (C=O) groups is 2. The Morgan fingerprint density at radius 1 is 0.818 bits per heavy atom. The quantitative estimate of drug-likeness (QED) is 0.191. The normalized spacial score (nSPS) is 9.84. The number of nitrogens with zero attached hydrogens (tertiary/aromatic N) is 8. The van der Waals surface area contributed by atoms with Crippen molar-refractivity contribution in [1.29, 1.82) is 10.5 Å². The van der Waals surface area contributed by atoms with Gasteiger partial charge in [0.1, 0.15) is 28.7 Å². The molecule has 44 heavy (non-hydrogen) atoms. The zero-order valence-electron chi connectivity index (χ0n) is 25.4. The first kappa shape index (κ1) is 35.1. The number of hydrogen-bond acceptors (Lipinski definition) is 12. The van der Waals surface area contributed by atoms with Gasteiger partial charge in [-0.3, -0.25) is 9.36 Å². The van der Waals surface area contributed by atoms with Gasteiger partial charge in [-0.25, -0.2) is 19.6 Å². The van der Waals surface area contributed by atoms with E-state index in [1.807, 2.05) is 27.0 Å². The van der Waals surface area contributed by atoms with Crippen molar-refractivity contribution in [2.24, 2.45) is 14.1 Å². The average molecular weight is 621 g/mol. The lowest BCUT2D eigenvalue weighted by Crippen LogP contribution is -2.33. The topological polar surface area (TPSA) is 202 Å². The Kier molecular flexibility index (Phi) is 12.3. The van der Waals surface area contributed by atoms with Gasteiger partial charge in [0.2, 0.25) is 0 Å². The molecule has 0 aliphatic carbocycles. The second-order valence-corrected chi connectivity index (χ2v) is 9.44. The largest absolute Gasteiger partial charge is 0.492 e. The van der Waals surface area contributed by atoms with Crippen LogP contribution in [0.25, 0.3) is 11.3 Å². The van der Waals surface area contributed by atoms with Gasteiger partial charge in [0.05, 0.1) is 42.4 Å². The van der Waals surface area contributed by atoms with Crippen LogP contribution in [0, 0.1) is 50.4 Å². The van der Waals surface area contributed by atoms with Gasteiger partial charge in [-0.15, -0.1) is 0 Å². The lowest BCUT2D eigenvalue weighted by atomic mass is 9.78. The number of esters is 2. The molecule has 14 nitrogen and oxygen atoms in total. The Hall–Kier alpha value is -5.09. The molecular weight excluding hydrogens is 591 g/mol. The number of rotatable bonds is 4. The summed E-state index contributed by atoms with van der Waals surface area (Å²) in [5.41, 5.74) is 5.73. The van der Waals surface area contributed by atoms with Crippen LogP contribution in [0.5, 0.6) is 0 Å². The van der Waals surface area contributed by atoms with E-state index in [0.717, 1.165) is 22.6 Å². The number of ether oxygens (including phenoxy) is 2. The first-order chi connectivity index (χ1) is 20.7. The summed E-state index contributed by atoms with van der Waals surface area (Å²) in [6, 6.07) is 9.78. The number of aryl methyl sites for hydroxylation is 4. The number of hydrogen-bond donors (Lipinski definition) is 2. The highest BCUT2D eigenvalue weighted by Crippen LogP contribution is 2.28. The van der Waals surface area contributed by atoms with Gasteiger partial charge in [0.15, 0.2) is 0 Å². The Morgan fingerprint density at radius 2 is 1.30 bits per heavy atom. The molecule has 0 fully saturated rings. The Balaban J connectivity index is 0.000000244. The number of pyridine rings is 2. The Morgan fingerprint density at radius 3 is 1.66 bits per heavy atom. The van der Waals surface area contributed by atoms with Gasteiger partial charge in [-0.1, -0.05) is 11.6 Å². The van der Waals surface area contributed by atoms with Gasteiger partial charge in [-0.2, -0.15) is 20.7 Å². The summed E-state index contributed by atoms with van der Waals surface area (Å²) in [5.74, 6) is -1.11. The fourth-order valence-electron chi connectivity index (χ4n) is 3.97. The maximum Gasteiger partial charge on any atom is 0.492 e. The third kappa shape index (κ3) is 8.05. The monoisotopic (exact) mass is 620 g/mol. The smallest absolute Gasteiger partial charge is 0.464 e. The number of methoxy groups -OCH3 is 2. The molecule has 228 valence electrons. The third-order valence-corrected chi connectivity index (χ3v) is 6.63. The highest BCUT2D eigenvalue weighted by atomic mass is 35.5. The number of halogens is 1. The number of carbonyl (C=O) groups excluding carboxylic acids is 2. The summed E-state index contributed by atoms with van der Waals surface area (Å²) in [6.07, 6.45) is 0. The third-order valence-electron chi connectivity index (χ3n) is 6.34. The molecule has 2 N–H and O–H groups in total. The van der Waals surface area contributed by atoms with Crippen molar-refractivity contribution in [2.75, 3.05) is 14.2 Å². The van der Waals surface area contributed by atoms with Crippen molar-refractivity contribution >= 4 is 36.1 Å². The average Bonchev–Trinajstić information content (AvgIpc) is 3.41. The summed E-state index contributed by atoms with van der Waals surface area (Å²) in [4.78, 5) is 30.5. The SMILES string of the molecule is COC(=O)c1ccc(C#N)c(-c2c(C)nn(C)c2C)n1.COC(=O)c1ccc(C#N)c(Cl)n1.Cc1nn(C)c(C)c1B(O)O. The van der Waals surface area contributed by atoms with Crippen molar-refractivity contribution in [1.82, 2.24) is 29.5 Å². The number of nitriles is 2. The predicted octanol–water partition coefficient (Wildman–Crippen LogP) is 1.87. The molecule has 0 spiro atoms. The lowest BCUT2D eigenvalue weighted by molar-refractivity contribution is 0.0585. The molecule has 4 rings (SSSR count). The summed E-state index contributed by atoms with van der Waals surface area (Å²) < 4.78 is 12.4. The molecule has 0 unspecified atom stereocenters. The maximum absolute atomic E-state index is 11.6. The fraction of sp³-hybridized carbons (Fsp3) is 0.286. The first-order valence-electron chi connectivity index (χ1n) is 12.7. The fourth-order valence-corrected chi connectivity index (χ4v) is 4.17. The van der Waals surface area contributed by atoms with E-state index in [1.165, 1.54) is 32.4 Å². The van der Waals surface area contributed by atoms with E-state index in [4.69, 9.17) is 26.9 Å². The molecule has 0 aromatic carbocycles. The van der Waals surface area contributed by atoms with Crippen molar-refractivity contribution in [2.45, 2.75) is 27.7 Å². The van der Waals surface area contributed by atoms with E-state index in [0.29, 0.717) is 22.4 Å². The van der Waals surface area contributed by atoms with Crippen LogP contribution in [0.4, 0.5) is 0 Å². The maximum atomic E-state index is 11.6. The highest BCUT2D eigenvalue weighted by molar-refractivity contribution is 6.59. The van der Waals surface area contributed by atoms with Crippen LogP contribution in [0.3, 0.4) is 0 Å². The molecule has 0 bridgehead atoms. The van der Waals surface area contributed by atoms with Crippen LogP contribution < -0.4 is 5.46 Å². The van der Waals surface area contributed by atoms with Crippen LogP contribution >= 0.6 is 11.6 Å². The molecule has 16 heteroatoms. The van der Waals surface area contributed by atoms with Crippen molar-refractivity contribution in [3.63, 3.8) is 0 Å². The Bertz CT molecular complexity index is 1770. The van der Waals surface area contributed by atoms with Crippen LogP contribution in [0.15, 0.2) is 24.3 Å². The van der Waals surface area contributed by atoms with E-state index >= 15 is 0 Å². The minimum atomic E-state index is -1.41. The first-order valence-corrected chi connectivity index (χ1v) is 13.1. The zero-order chi connectivity index (χ0) is 33.3. The second-order valence-electron chi connectivity index (χ2n) is 9.09. The van der Waals surface area contributed by atoms with Crippen molar-refractivity contribution < 1.29 is 29.1 Å². The minimum absolute atomic E-state index is 0.00500. The number of aromatic nitrogens is 6. The molecular formula is C28H30BClN8O6. The predicted molar refractivity (Wildman–Crippen MR) is 160 cm³/mol. The molecule has 0 radical (unpaired) electrons. The van der Waals surface area contributed by atoms with Gasteiger partial charge >= 0.3 is 19.1 Å². The standard InChI is InChI=1S/C14H14N4O2.C8H5ClN2O2.C6H11BN2O2/c1-8-12(9(2)18(3)17-8)13-10(7-15)5-6-11(16-13)14(19)20-4;1-13-8(12)6-3-2-5(4-10)7(9)11-6;1-4-6(7(10)11)5(2)9(3)8-4/h5-6H,1-4H3;2-3H,1H3;10-11H,1-3H3. The molecule has 0 atom stereocenters. The molecule has 4 aromatic rings. The highest BCUT2D eigenvalue weighted by Gasteiger charge is 2.21. The van der Waals surface area contributed by atoms with E-state index in [9.17, 15) is 14.9 Å². The molecule has 0 aliphatic rings. The van der Waals surface area contributed by atoms with E-state index in [-0.39, 0.29) is 22.1 Å². The van der Waals surface area contributed by atoms with E-state index in [1.54, 1.807) is 36.3 Å². The molecule has 0 saturated heterocycles. The molecule has 0 aliphatic heterocycles. The van der Waals surface area contributed by atoms with Crippen LogP contribution in [-0.4, -0.2) is 72.9 Å². The van der Waals surface area contributed by atoms with Crippen LogP contribution in [0.2, 0.25) is 5.15 Å². The zero-order valence-corrected chi connectivity index (χ0v) is 26.1. The molecule has 4 heterocycles. The summed E-state index contributed by atoms with van der Waals surface area (Å²) in [6.45, 7) is 7.29. The minimum Gasteiger partial charge on any atom is -0.464 e.